The minimum Gasteiger partial charge on any atom is -0.466 e. The Hall–Kier alpha value is -1.33. The van der Waals surface area contributed by atoms with Gasteiger partial charge < -0.3 is 19.2 Å². The second-order valence-corrected chi connectivity index (χ2v) is 4.24. The predicted octanol–water partition coefficient (Wildman–Crippen LogP) is 0.730. The van der Waals surface area contributed by atoms with E-state index in [1.807, 2.05) is 6.92 Å². The van der Waals surface area contributed by atoms with Crippen LogP contribution >= 0.6 is 0 Å². The summed E-state index contributed by atoms with van der Waals surface area (Å²) in [6.07, 6.45) is 0. The van der Waals surface area contributed by atoms with Gasteiger partial charge in [-0.3, -0.25) is 4.79 Å². The van der Waals surface area contributed by atoms with Gasteiger partial charge in [0.2, 0.25) is 0 Å². The molecule has 0 bridgehead atoms. The lowest BCUT2D eigenvalue weighted by Gasteiger charge is -2.34. The number of hydrogen-bond donors (Lipinski definition) is 1. The Bertz CT molecular complexity index is 413. The summed E-state index contributed by atoms with van der Waals surface area (Å²) in [7, 11) is 0. The van der Waals surface area contributed by atoms with Crippen LogP contribution in [-0.4, -0.2) is 48.3 Å². The third-order valence-electron chi connectivity index (χ3n) is 2.97. The molecule has 1 aliphatic heterocycles. The Labute approximate surface area is 100.0 Å². The average molecular weight is 239 g/mol. The van der Waals surface area contributed by atoms with Gasteiger partial charge in [-0.2, -0.15) is 0 Å². The first-order valence-corrected chi connectivity index (χ1v) is 5.70. The van der Waals surface area contributed by atoms with Gasteiger partial charge in [-0.1, -0.05) is 0 Å². The van der Waals surface area contributed by atoms with E-state index >= 15 is 0 Å². The van der Waals surface area contributed by atoms with E-state index in [1.165, 1.54) is 0 Å². The quantitative estimate of drug-likeness (QED) is 0.826. The molecule has 1 aliphatic rings. The van der Waals surface area contributed by atoms with Crippen molar-refractivity contribution < 1.29 is 19.1 Å². The van der Waals surface area contributed by atoms with Crippen molar-refractivity contribution in [3.05, 3.63) is 23.2 Å². The van der Waals surface area contributed by atoms with Crippen molar-refractivity contribution in [1.82, 2.24) is 4.90 Å². The van der Waals surface area contributed by atoms with Crippen molar-refractivity contribution in [1.29, 1.82) is 0 Å². The molecule has 1 amide bonds. The van der Waals surface area contributed by atoms with Gasteiger partial charge in [0.25, 0.3) is 5.91 Å². The van der Waals surface area contributed by atoms with Gasteiger partial charge in [0.15, 0.2) is 0 Å². The second kappa shape index (κ2) is 4.89. The number of aryl methyl sites for hydroxylation is 2. The molecule has 94 valence electrons. The number of nitrogens with zero attached hydrogens (tertiary/aromatic N) is 1. The van der Waals surface area contributed by atoms with Gasteiger partial charge in [-0.15, -0.1) is 0 Å². The topological polar surface area (TPSA) is 62.9 Å². The largest absolute Gasteiger partial charge is 0.466 e. The van der Waals surface area contributed by atoms with Crippen LogP contribution in [-0.2, 0) is 4.74 Å². The zero-order chi connectivity index (χ0) is 12.4. The number of aliphatic hydroxyl groups excluding tert-OH is 1. The highest BCUT2D eigenvalue weighted by Gasteiger charge is 2.29. The average Bonchev–Trinajstić information content (AvgIpc) is 2.67. The highest BCUT2D eigenvalue weighted by molar-refractivity contribution is 5.95. The number of aliphatic hydroxyl groups is 1. The lowest BCUT2D eigenvalue weighted by atomic mass is 10.1. The number of carbonyl (C=O) groups is 1. The van der Waals surface area contributed by atoms with Crippen LogP contribution < -0.4 is 0 Å². The van der Waals surface area contributed by atoms with E-state index in [-0.39, 0.29) is 18.6 Å². The lowest BCUT2D eigenvalue weighted by Crippen LogP contribution is -2.50. The van der Waals surface area contributed by atoms with E-state index < -0.39 is 0 Å². The molecule has 1 fully saturated rings. The summed E-state index contributed by atoms with van der Waals surface area (Å²) in [6.45, 7) is 4.91. The Morgan fingerprint density at radius 3 is 2.94 bits per heavy atom. The van der Waals surface area contributed by atoms with Gasteiger partial charge in [0, 0.05) is 6.54 Å². The van der Waals surface area contributed by atoms with Crippen LogP contribution in [0.2, 0.25) is 0 Å². The summed E-state index contributed by atoms with van der Waals surface area (Å²) >= 11 is 0. The number of morpholine rings is 1. The molecular weight excluding hydrogens is 222 g/mol. The predicted molar refractivity (Wildman–Crippen MR) is 60.9 cm³/mol. The fourth-order valence-electron chi connectivity index (χ4n) is 2.07. The van der Waals surface area contributed by atoms with Crippen LogP contribution in [0.1, 0.15) is 21.9 Å². The Kier molecular flexibility index (Phi) is 3.49. The molecular formula is C12H17NO4. The molecule has 1 aromatic heterocycles. The summed E-state index contributed by atoms with van der Waals surface area (Å²) in [6, 6.07) is 1.48. The number of rotatable bonds is 2. The van der Waals surface area contributed by atoms with E-state index in [0.717, 1.165) is 5.76 Å². The molecule has 5 nitrogen and oxygen atoms in total. The van der Waals surface area contributed by atoms with Crippen LogP contribution in [0, 0.1) is 13.8 Å². The molecule has 0 radical (unpaired) electrons. The van der Waals surface area contributed by atoms with Crippen molar-refractivity contribution in [3.63, 3.8) is 0 Å². The van der Waals surface area contributed by atoms with E-state index in [9.17, 15) is 9.90 Å². The van der Waals surface area contributed by atoms with Gasteiger partial charge in [-0.05, 0) is 19.9 Å². The van der Waals surface area contributed by atoms with Gasteiger partial charge in [0.05, 0.1) is 31.4 Å². The molecule has 0 saturated carbocycles. The molecule has 1 aromatic rings. The highest BCUT2D eigenvalue weighted by Crippen LogP contribution is 2.18. The zero-order valence-corrected chi connectivity index (χ0v) is 10.1. The Morgan fingerprint density at radius 1 is 1.59 bits per heavy atom. The fraction of sp³-hybridized carbons (Fsp3) is 0.583. The molecule has 1 N–H and O–H groups in total. The third-order valence-corrected chi connectivity index (χ3v) is 2.97. The number of hydrogen-bond acceptors (Lipinski definition) is 4. The first kappa shape index (κ1) is 12.1. The highest BCUT2D eigenvalue weighted by atomic mass is 16.5. The molecule has 2 heterocycles. The third kappa shape index (κ3) is 2.35. The number of ether oxygens (including phenoxy) is 1. The molecule has 0 spiro atoms. The first-order chi connectivity index (χ1) is 8.13. The summed E-state index contributed by atoms with van der Waals surface area (Å²) in [5.74, 6) is 1.25. The van der Waals surface area contributed by atoms with Crippen molar-refractivity contribution >= 4 is 5.91 Å². The molecule has 17 heavy (non-hydrogen) atoms. The van der Waals surface area contributed by atoms with Crippen molar-refractivity contribution in [2.75, 3.05) is 26.4 Å². The molecule has 1 saturated heterocycles. The van der Waals surface area contributed by atoms with E-state index in [2.05, 4.69) is 0 Å². The standard InChI is InChI=1S/C12H17NO4/c1-8-5-11(9(2)17-8)12(15)13-3-4-16-7-10(13)6-14/h5,10,14H,3-4,6-7H2,1-2H3. The van der Waals surface area contributed by atoms with Crippen molar-refractivity contribution in [2.45, 2.75) is 19.9 Å². The molecule has 1 unspecified atom stereocenters. The molecule has 0 aromatic carbocycles. The minimum absolute atomic E-state index is 0.0817. The molecule has 0 aliphatic carbocycles. The SMILES string of the molecule is Cc1cc(C(=O)N2CCOCC2CO)c(C)o1. The van der Waals surface area contributed by atoms with Gasteiger partial charge in [0.1, 0.15) is 11.5 Å². The van der Waals surface area contributed by atoms with Crippen LogP contribution in [0.15, 0.2) is 10.5 Å². The first-order valence-electron chi connectivity index (χ1n) is 5.70. The normalized spacial score (nSPS) is 20.6. The van der Waals surface area contributed by atoms with Gasteiger partial charge >= 0.3 is 0 Å². The van der Waals surface area contributed by atoms with Crippen LogP contribution in [0.3, 0.4) is 0 Å². The van der Waals surface area contributed by atoms with E-state index in [1.54, 1.807) is 17.9 Å². The summed E-state index contributed by atoms with van der Waals surface area (Å²) in [4.78, 5) is 14.0. The maximum Gasteiger partial charge on any atom is 0.257 e. The lowest BCUT2D eigenvalue weighted by molar-refractivity contribution is -0.0184. The van der Waals surface area contributed by atoms with Crippen LogP contribution in [0.5, 0.6) is 0 Å². The van der Waals surface area contributed by atoms with Crippen LogP contribution in [0.25, 0.3) is 0 Å². The fourth-order valence-corrected chi connectivity index (χ4v) is 2.07. The Balaban J connectivity index is 2.21. The number of furan rings is 1. The van der Waals surface area contributed by atoms with E-state index in [4.69, 9.17) is 9.15 Å². The maximum absolute atomic E-state index is 12.3. The molecule has 1 atom stereocenters. The smallest absolute Gasteiger partial charge is 0.257 e. The second-order valence-electron chi connectivity index (χ2n) is 4.24. The van der Waals surface area contributed by atoms with Gasteiger partial charge in [-0.25, -0.2) is 0 Å². The zero-order valence-electron chi connectivity index (χ0n) is 10.1. The van der Waals surface area contributed by atoms with E-state index in [0.29, 0.717) is 31.1 Å². The van der Waals surface area contributed by atoms with Crippen molar-refractivity contribution in [3.8, 4) is 0 Å². The summed E-state index contributed by atoms with van der Waals surface area (Å²) in [5.41, 5.74) is 0.572. The van der Waals surface area contributed by atoms with Crippen LogP contribution in [0.4, 0.5) is 0 Å². The number of amides is 1. The summed E-state index contributed by atoms with van der Waals surface area (Å²) < 4.78 is 10.6. The molecule has 2 rings (SSSR count). The molecule has 5 heteroatoms. The monoisotopic (exact) mass is 239 g/mol. The summed E-state index contributed by atoms with van der Waals surface area (Å²) in [5, 5.41) is 9.23. The number of carbonyl (C=O) groups excluding carboxylic acids is 1. The minimum atomic E-state index is -0.258. The van der Waals surface area contributed by atoms with Crippen molar-refractivity contribution in [2.24, 2.45) is 0 Å². The Morgan fingerprint density at radius 2 is 2.35 bits per heavy atom. The maximum atomic E-state index is 12.3.